The lowest BCUT2D eigenvalue weighted by molar-refractivity contribution is -0.210. The van der Waals surface area contributed by atoms with Crippen LogP contribution in [0.3, 0.4) is 0 Å². The fraction of sp³-hybridized carbons (Fsp3) is 0.786. The molecule has 0 bridgehead atoms. The molecule has 0 aromatic heterocycles. The lowest BCUT2D eigenvalue weighted by Crippen LogP contribution is -2.57. The summed E-state index contributed by atoms with van der Waals surface area (Å²) in [5.74, 6) is -2.47. The molecular weight excluding hydrogens is 338 g/mol. The quantitative estimate of drug-likeness (QED) is 0.227. The third-order valence-electron chi connectivity index (χ3n) is 3.96. The van der Waals surface area contributed by atoms with Crippen LogP contribution in [0.25, 0.3) is 0 Å². The number of carboxylic acids is 1. The monoisotopic (exact) mass is 363 g/mol. The van der Waals surface area contributed by atoms with Gasteiger partial charge in [0.05, 0.1) is 12.2 Å². The summed E-state index contributed by atoms with van der Waals surface area (Å²) in [6.45, 7) is 0.127. The van der Waals surface area contributed by atoms with Crippen molar-refractivity contribution < 1.29 is 39.5 Å². The van der Waals surface area contributed by atoms with E-state index in [4.69, 9.17) is 21.3 Å². The fourth-order valence-corrected chi connectivity index (χ4v) is 2.58. The summed E-state index contributed by atoms with van der Waals surface area (Å²) >= 11 is 0. The van der Waals surface area contributed by atoms with Gasteiger partial charge in [0.2, 0.25) is 11.8 Å². The standard InChI is InChI=1S/C14H25N3O8/c15-10(20)1-3-17(4-2-11(16)21)6-8(19)13-12(22)7(18)5-9(25-13)14(23)24/h7-9,12-13,18-19,22H,1-6H2,(H2,15,20)(H2,16,21)(H,23,24)/t7-,8-,9+,12-,13-/m1/s1. The number of nitrogens with two attached hydrogens (primary N) is 2. The maximum Gasteiger partial charge on any atom is 0.332 e. The van der Waals surface area contributed by atoms with Crippen molar-refractivity contribution in [2.45, 2.75) is 49.8 Å². The van der Waals surface area contributed by atoms with Crippen molar-refractivity contribution >= 4 is 17.8 Å². The zero-order valence-electron chi connectivity index (χ0n) is 13.7. The Labute approximate surface area is 144 Å². The summed E-state index contributed by atoms with van der Waals surface area (Å²) in [7, 11) is 0. The van der Waals surface area contributed by atoms with Crippen molar-refractivity contribution in [2.75, 3.05) is 19.6 Å². The average molecular weight is 363 g/mol. The minimum absolute atomic E-state index is 0.0278. The van der Waals surface area contributed by atoms with Gasteiger partial charge in [-0.2, -0.15) is 0 Å². The molecule has 0 aromatic rings. The zero-order valence-corrected chi connectivity index (χ0v) is 13.7. The van der Waals surface area contributed by atoms with Crippen molar-refractivity contribution in [2.24, 2.45) is 11.5 Å². The number of amides is 2. The van der Waals surface area contributed by atoms with Crippen LogP contribution < -0.4 is 11.5 Å². The molecule has 1 fully saturated rings. The topological polar surface area (TPSA) is 197 Å². The van der Waals surface area contributed by atoms with Crippen LogP contribution in [0.1, 0.15) is 19.3 Å². The van der Waals surface area contributed by atoms with Gasteiger partial charge in [0.1, 0.15) is 12.2 Å². The minimum atomic E-state index is -1.47. The Morgan fingerprint density at radius 2 is 1.64 bits per heavy atom. The number of aliphatic hydroxyl groups excluding tert-OH is 3. The number of carbonyl (C=O) groups excluding carboxylic acids is 2. The number of ether oxygens (including phenoxy) is 1. The number of carboxylic acid groups (broad SMARTS) is 1. The smallest absolute Gasteiger partial charge is 0.332 e. The lowest BCUT2D eigenvalue weighted by atomic mass is 9.94. The Morgan fingerprint density at radius 1 is 1.12 bits per heavy atom. The van der Waals surface area contributed by atoms with Crippen molar-refractivity contribution in [3.05, 3.63) is 0 Å². The summed E-state index contributed by atoms with van der Waals surface area (Å²) in [5.41, 5.74) is 10.2. The predicted molar refractivity (Wildman–Crippen MR) is 83.0 cm³/mol. The number of aliphatic carboxylic acids is 1. The van der Waals surface area contributed by atoms with Crippen LogP contribution in [-0.2, 0) is 19.1 Å². The van der Waals surface area contributed by atoms with Crippen LogP contribution in [0.15, 0.2) is 0 Å². The third-order valence-corrected chi connectivity index (χ3v) is 3.96. The predicted octanol–water partition coefficient (Wildman–Crippen LogP) is -3.64. The normalized spacial score (nSPS) is 27.8. The summed E-state index contributed by atoms with van der Waals surface area (Å²) in [5, 5.41) is 39.0. The van der Waals surface area contributed by atoms with Crippen LogP contribution in [0.5, 0.6) is 0 Å². The molecule has 0 saturated carbocycles. The maximum atomic E-state index is 11.0. The molecule has 1 rings (SSSR count). The molecule has 0 spiro atoms. The largest absolute Gasteiger partial charge is 0.479 e. The van der Waals surface area contributed by atoms with E-state index < -0.39 is 48.3 Å². The van der Waals surface area contributed by atoms with Crippen molar-refractivity contribution in [3.8, 4) is 0 Å². The van der Waals surface area contributed by atoms with Gasteiger partial charge >= 0.3 is 5.97 Å². The van der Waals surface area contributed by atoms with E-state index >= 15 is 0 Å². The summed E-state index contributed by atoms with van der Waals surface area (Å²) in [6.07, 6.45) is -7.25. The molecule has 1 aliphatic heterocycles. The van der Waals surface area contributed by atoms with E-state index in [1.54, 1.807) is 0 Å². The Morgan fingerprint density at radius 3 is 2.08 bits per heavy atom. The van der Waals surface area contributed by atoms with Gasteiger partial charge in [-0.3, -0.25) is 14.5 Å². The lowest BCUT2D eigenvalue weighted by Gasteiger charge is -2.39. The van der Waals surface area contributed by atoms with Gasteiger partial charge in [-0.15, -0.1) is 0 Å². The van der Waals surface area contributed by atoms with E-state index in [2.05, 4.69) is 0 Å². The number of primary amides is 2. The molecule has 25 heavy (non-hydrogen) atoms. The van der Waals surface area contributed by atoms with E-state index in [0.29, 0.717) is 0 Å². The highest BCUT2D eigenvalue weighted by atomic mass is 16.5. The summed E-state index contributed by atoms with van der Waals surface area (Å²) in [6, 6.07) is 0. The van der Waals surface area contributed by atoms with Gasteiger partial charge in [-0.1, -0.05) is 0 Å². The molecule has 1 saturated heterocycles. The SMILES string of the molecule is NC(=O)CCN(CCC(N)=O)C[C@@H](O)[C@H]1O[C@H](C(=O)O)C[C@@H](O)[C@H]1O. The van der Waals surface area contributed by atoms with E-state index in [1.165, 1.54) is 4.90 Å². The van der Waals surface area contributed by atoms with Crippen LogP contribution >= 0.6 is 0 Å². The van der Waals surface area contributed by atoms with Gasteiger partial charge in [-0.25, -0.2) is 4.79 Å². The first-order chi connectivity index (χ1) is 11.6. The number of hydrogen-bond donors (Lipinski definition) is 6. The third kappa shape index (κ3) is 6.92. The second-order valence-corrected chi connectivity index (χ2v) is 6.02. The van der Waals surface area contributed by atoms with Gasteiger partial charge < -0.3 is 36.6 Å². The molecule has 8 N–H and O–H groups in total. The molecule has 0 radical (unpaired) electrons. The van der Waals surface area contributed by atoms with Crippen LogP contribution in [-0.4, -0.2) is 93.3 Å². The second kappa shape index (κ2) is 9.63. The molecule has 1 heterocycles. The molecule has 0 aromatic carbocycles. The molecule has 11 heteroatoms. The molecule has 11 nitrogen and oxygen atoms in total. The second-order valence-electron chi connectivity index (χ2n) is 6.02. The van der Waals surface area contributed by atoms with Crippen molar-refractivity contribution in [1.29, 1.82) is 0 Å². The molecule has 1 aliphatic rings. The Kier molecular flexibility index (Phi) is 8.19. The first kappa shape index (κ1) is 21.3. The minimum Gasteiger partial charge on any atom is -0.479 e. The molecule has 0 unspecified atom stereocenters. The molecular formula is C14H25N3O8. The van der Waals surface area contributed by atoms with Gasteiger partial charge in [0, 0.05) is 38.9 Å². The first-order valence-electron chi connectivity index (χ1n) is 7.83. The summed E-state index contributed by atoms with van der Waals surface area (Å²) < 4.78 is 5.17. The highest BCUT2D eigenvalue weighted by Gasteiger charge is 2.43. The summed E-state index contributed by atoms with van der Waals surface area (Å²) in [4.78, 5) is 34.4. The van der Waals surface area contributed by atoms with Crippen LogP contribution in [0.2, 0.25) is 0 Å². The molecule has 144 valence electrons. The van der Waals surface area contributed by atoms with Crippen molar-refractivity contribution in [3.63, 3.8) is 0 Å². The van der Waals surface area contributed by atoms with Crippen LogP contribution in [0, 0.1) is 0 Å². The maximum absolute atomic E-state index is 11.0. The number of carbonyl (C=O) groups is 3. The first-order valence-corrected chi connectivity index (χ1v) is 7.83. The Balaban J connectivity index is 2.74. The number of nitrogens with zero attached hydrogens (tertiary/aromatic N) is 1. The number of aliphatic hydroxyl groups is 3. The van der Waals surface area contributed by atoms with Crippen molar-refractivity contribution in [1.82, 2.24) is 4.90 Å². The number of hydrogen-bond acceptors (Lipinski definition) is 8. The van der Waals surface area contributed by atoms with Crippen LogP contribution in [0.4, 0.5) is 0 Å². The molecule has 5 atom stereocenters. The van der Waals surface area contributed by atoms with E-state index in [0.717, 1.165) is 0 Å². The van der Waals surface area contributed by atoms with Gasteiger partial charge in [0.15, 0.2) is 6.10 Å². The fourth-order valence-electron chi connectivity index (χ4n) is 2.58. The Bertz CT molecular complexity index is 471. The average Bonchev–Trinajstić information content (AvgIpc) is 2.51. The van der Waals surface area contributed by atoms with Gasteiger partial charge in [0.25, 0.3) is 0 Å². The zero-order chi connectivity index (χ0) is 19.1. The highest BCUT2D eigenvalue weighted by Crippen LogP contribution is 2.23. The van der Waals surface area contributed by atoms with E-state index in [1.807, 2.05) is 0 Å². The molecule has 0 aliphatic carbocycles. The highest BCUT2D eigenvalue weighted by molar-refractivity contribution is 5.74. The van der Waals surface area contributed by atoms with Gasteiger partial charge in [-0.05, 0) is 0 Å². The number of rotatable bonds is 10. The van der Waals surface area contributed by atoms with E-state index in [-0.39, 0.29) is 38.9 Å². The Hall–Kier alpha value is -1.79. The molecule has 2 amide bonds. The van der Waals surface area contributed by atoms with E-state index in [9.17, 15) is 29.7 Å².